The number of aryl methyl sites for hydroxylation is 1. The van der Waals surface area contributed by atoms with Gasteiger partial charge in [-0.15, -0.1) is 0 Å². The van der Waals surface area contributed by atoms with Gasteiger partial charge in [-0.2, -0.15) is 0 Å². The molecule has 0 radical (unpaired) electrons. The van der Waals surface area contributed by atoms with Gasteiger partial charge in [-0.05, 0) is 18.9 Å². The summed E-state index contributed by atoms with van der Waals surface area (Å²) in [7, 11) is 1.66. The zero-order chi connectivity index (χ0) is 13.8. The second kappa shape index (κ2) is 6.17. The number of carbonyl (C=O) groups excluding carboxylic acids is 1. The summed E-state index contributed by atoms with van der Waals surface area (Å²) in [5.41, 5.74) is 2.36. The quantitative estimate of drug-likeness (QED) is 0.880. The van der Waals surface area contributed by atoms with E-state index in [0.29, 0.717) is 13.2 Å². The van der Waals surface area contributed by atoms with Gasteiger partial charge in [-0.3, -0.25) is 10.1 Å². The first-order valence-corrected chi connectivity index (χ1v) is 6.79. The molecular weight excluding hydrogens is 240 g/mol. The van der Waals surface area contributed by atoms with Crippen molar-refractivity contribution >= 4 is 5.91 Å². The van der Waals surface area contributed by atoms with E-state index in [2.05, 4.69) is 36.5 Å². The standard InChI is InChI=1S/C15H22N2O2/c1-4-13-15(18)17(9-10-19-3)14(16-13)12-7-5-11(2)6-8-12/h5-8,13-14,16H,4,9-10H2,1-3H3. The van der Waals surface area contributed by atoms with Crippen LogP contribution in [-0.4, -0.2) is 37.1 Å². The molecule has 19 heavy (non-hydrogen) atoms. The first-order valence-electron chi connectivity index (χ1n) is 6.79. The van der Waals surface area contributed by atoms with E-state index in [1.165, 1.54) is 5.56 Å². The number of nitrogens with one attached hydrogen (secondary N) is 1. The molecule has 0 saturated carbocycles. The van der Waals surface area contributed by atoms with Crippen LogP contribution in [-0.2, 0) is 9.53 Å². The maximum absolute atomic E-state index is 12.3. The van der Waals surface area contributed by atoms with Gasteiger partial charge in [0.25, 0.3) is 0 Å². The maximum Gasteiger partial charge on any atom is 0.241 e. The van der Waals surface area contributed by atoms with Crippen molar-refractivity contribution in [2.75, 3.05) is 20.3 Å². The first-order chi connectivity index (χ1) is 9.17. The van der Waals surface area contributed by atoms with E-state index in [0.717, 1.165) is 12.0 Å². The molecule has 0 bridgehead atoms. The third-order valence-electron chi connectivity index (χ3n) is 3.59. The van der Waals surface area contributed by atoms with Gasteiger partial charge in [0.2, 0.25) is 5.91 Å². The van der Waals surface area contributed by atoms with E-state index < -0.39 is 0 Å². The molecule has 2 atom stereocenters. The molecule has 1 heterocycles. The molecule has 1 aliphatic rings. The Morgan fingerprint density at radius 1 is 1.32 bits per heavy atom. The summed E-state index contributed by atoms with van der Waals surface area (Å²) in [6.07, 6.45) is 0.776. The normalized spacial score (nSPS) is 23.1. The summed E-state index contributed by atoms with van der Waals surface area (Å²) in [6.45, 7) is 5.28. The Hall–Kier alpha value is -1.39. The van der Waals surface area contributed by atoms with Crippen molar-refractivity contribution < 1.29 is 9.53 Å². The highest BCUT2D eigenvalue weighted by molar-refractivity contribution is 5.84. The third kappa shape index (κ3) is 2.96. The number of methoxy groups -OCH3 is 1. The number of nitrogens with zero attached hydrogens (tertiary/aromatic N) is 1. The molecule has 4 nitrogen and oxygen atoms in total. The Bertz CT molecular complexity index is 430. The van der Waals surface area contributed by atoms with Crippen LogP contribution in [0.4, 0.5) is 0 Å². The van der Waals surface area contributed by atoms with Gasteiger partial charge in [-0.1, -0.05) is 36.8 Å². The van der Waals surface area contributed by atoms with Crippen LogP contribution in [0.15, 0.2) is 24.3 Å². The Morgan fingerprint density at radius 3 is 2.58 bits per heavy atom. The highest BCUT2D eigenvalue weighted by atomic mass is 16.5. The molecule has 2 unspecified atom stereocenters. The number of benzene rings is 1. The van der Waals surface area contributed by atoms with Crippen LogP contribution in [0, 0.1) is 6.92 Å². The van der Waals surface area contributed by atoms with Crippen LogP contribution in [0.5, 0.6) is 0 Å². The molecule has 0 aliphatic carbocycles. The molecule has 1 saturated heterocycles. The summed E-state index contributed by atoms with van der Waals surface area (Å²) in [4.78, 5) is 14.2. The molecule has 0 spiro atoms. The van der Waals surface area contributed by atoms with Crippen molar-refractivity contribution in [1.29, 1.82) is 0 Å². The number of amides is 1. The summed E-state index contributed by atoms with van der Waals surface area (Å²) < 4.78 is 5.10. The molecule has 0 aromatic heterocycles. The molecule has 1 aromatic rings. The number of hydrogen-bond donors (Lipinski definition) is 1. The number of rotatable bonds is 5. The third-order valence-corrected chi connectivity index (χ3v) is 3.59. The molecule has 1 N–H and O–H groups in total. The van der Waals surface area contributed by atoms with Gasteiger partial charge in [0.1, 0.15) is 6.17 Å². The highest BCUT2D eigenvalue weighted by Crippen LogP contribution is 2.26. The van der Waals surface area contributed by atoms with Crippen LogP contribution in [0.25, 0.3) is 0 Å². The van der Waals surface area contributed by atoms with Crippen LogP contribution in [0.3, 0.4) is 0 Å². The minimum absolute atomic E-state index is 0.0341. The topological polar surface area (TPSA) is 41.6 Å². The molecule has 2 rings (SSSR count). The number of hydrogen-bond acceptors (Lipinski definition) is 3. The minimum atomic E-state index is -0.0804. The maximum atomic E-state index is 12.3. The average molecular weight is 262 g/mol. The van der Waals surface area contributed by atoms with Gasteiger partial charge in [0, 0.05) is 13.7 Å². The Balaban J connectivity index is 2.20. The van der Waals surface area contributed by atoms with E-state index in [1.807, 2.05) is 11.8 Å². The first kappa shape index (κ1) is 14.0. The van der Waals surface area contributed by atoms with Gasteiger partial charge < -0.3 is 9.64 Å². The lowest BCUT2D eigenvalue weighted by Gasteiger charge is -2.24. The fraction of sp³-hybridized carbons (Fsp3) is 0.533. The molecule has 104 valence electrons. The van der Waals surface area contributed by atoms with Crippen LogP contribution in [0.2, 0.25) is 0 Å². The lowest BCUT2D eigenvalue weighted by molar-refractivity contribution is -0.130. The monoisotopic (exact) mass is 262 g/mol. The number of ether oxygens (including phenoxy) is 1. The molecule has 1 amide bonds. The summed E-state index contributed by atoms with van der Waals surface area (Å²) in [5, 5.41) is 3.41. The molecular formula is C15H22N2O2. The van der Waals surface area contributed by atoms with Gasteiger partial charge in [0.05, 0.1) is 12.6 Å². The fourth-order valence-electron chi connectivity index (χ4n) is 2.43. The van der Waals surface area contributed by atoms with E-state index >= 15 is 0 Å². The van der Waals surface area contributed by atoms with Gasteiger partial charge in [-0.25, -0.2) is 0 Å². The van der Waals surface area contributed by atoms with Crippen LogP contribution < -0.4 is 5.32 Å². The molecule has 4 heteroatoms. The Kier molecular flexibility index (Phi) is 4.56. The summed E-state index contributed by atoms with van der Waals surface area (Å²) in [5.74, 6) is 0.171. The van der Waals surface area contributed by atoms with Crippen molar-refractivity contribution in [3.05, 3.63) is 35.4 Å². The van der Waals surface area contributed by atoms with Crippen molar-refractivity contribution in [3.8, 4) is 0 Å². The van der Waals surface area contributed by atoms with Gasteiger partial charge in [0.15, 0.2) is 0 Å². The van der Waals surface area contributed by atoms with E-state index in [-0.39, 0.29) is 18.1 Å². The van der Waals surface area contributed by atoms with Gasteiger partial charge >= 0.3 is 0 Å². The molecule has 1 aromatic carbocycles. The van der Waals surface area contributed by atoms with E-state index in [1.54, 1.807) is 7.11 Å². The Labute approximate surface area is 114 Å². The van der Waals surface area contributed by atoms with Crippen molar-refractivity contribution in [2.45, 2.75) is 32.5 Å². The second-order valence-electron chi connectivity index (χ2n) is 4.97. The lowest BCUT2D eigenvalue weighted by atomic mass is 10.1. The summed E-state index contributed by atoms with van der Waals surface area (Å²) in [6, 6.07) is 8.24. The smallest absolute Gasteiger partial charge is 0.241 e. The van der Waals surface area contributed by atoms with Crippen LogP contribution >= 0.6 is 0 Å². The van der Waals surface area contributed by atoms with Crippen molar-refractivity contribution in [2.24, 2.45) is 0 Å². The minimum Gasteiger partial charge on any atom is -0.383 e. The highest BCUT2D eigenvalue weighted by Gasteiger charge is 2.38. The predicted molar refractivity (Wildman–Crippen MR) is 74.7 cm³/mol. The van der Waals surface area contributed by atoms with Crippen molar-refractivity contribution in [3.63, 3.8) is 0 Å². The Morgan fingerprint density at radius 2 is 2.00 bits per heavy atom. The second-order valence-corrected chi connectivity index (χ2v) is 4.97. The average Bonchev–Trinajstić information content (AvgIpc) is 2.74. The van der Waals surface area contributed by atoms with E-state index in [4.69, 9.17) is 4.74 Å². The molecule has 1 fully saturated rings. The zero-order valence-electron chi connectivity index (χ0n) is 11.8. The fourth-order valence-corrected chi connectivity index (χ4v) is 2.43. The zero-order valence-corrected chi connectivity index (χ0v) is 11.8. The van der Waals surface area contributed by atoms with Crippen LogP contribution in [0.1, 0.15) is 30.6 Å². The predicted octanol–water partition coefficient (Wildman–Crippen LogP) is 1.85. The number of carbonyl (C=O) groups is 1. The lowest BCUT2D eigenvalue weighted by Crippen LogP contribution is -2.33. The van der Waals surface area contributed by atoms with Crippen molar-refractivity contribution in [1.82, 2.24) is 10.2 Å². The largest absolute Gasteiger partial charge is 0.383 e. The van der Waals surface area contributed by atoms with E-state index in [9.17, 15) is 4.79 Å². The summed E-state index contributed by atoms with van der Waals surface area (Å²) >= 11 is 0. The SMILES string of the molecule is CCC1NC(c2ccc(C)cc2)N(CCOC)C1=O. The molecule has 1 aliphatic heterocycles.